The molecule has 0 bridgehead atoms. The van der Waals surface area contributed by atoms with Gasteiger partial charge in [0.15, 0.2) is 17.5 Å². The number of para-hydroxylation sites is 5. The summed E-state index contributed by atoms with van der Waals surface area (Å²) in [6, 6.07) is 69.7. The molecule has 5 heterocycles. The minimum Gasteiger partial charge on any atom is -0.456 e. The Bertz CT molecular complexity index is 4060. The molecule has 298 valence electrons. The van der Waals surface area contributed by atoms with Crippen LogP contribution in [-0.2, 0) is 0 Å². The Labute approximate surface area is 364 Å². The van der Waals surface area contributed by atoms with Crippen molar-refractivity contribution in [2.75, 3.05) is 0 Å². The highest BCUT2D eigenvalue weighted by molar-refractivity contribution is 6.19. The monoisotopic (exact) mass is 819 g/mol. The number of nitrogens with zero attached hydrogens (tertiary/aromatic N) is 5. The highest BCUT2D eigenvalue weighted by Crippen LogP contribution is 2.42. The molecule has 0 amide bonds. The summed E-state index contributed by atoms with van der Waals surface area (Å²) >= 11 is 0. The standard InChI is InChI=1S/C57H33N5O2/c1-2-14-35(15-3-1)61-45-22-8-4-16-37(45)43-32-44-38-17-5-9-23-46(38)62(48(44)33-47(43)61)36-30-28-34(29-31-36)55-58-56(41-20-12-26-51-53(41)39-18-6-10-24-49(39)63-51)60-57(59-55)42-21-13-27-52-54(42)40-19-7-11-25-50(40)64-52/h1-33H. The van der Waals surface area contributed by atoms with Crippen molar-refractivity contribution in [1.82, 2.24) is 24.1 Å². The third kappa shape index (κ3) is 5.06. The fraction of sp³-hybridized carbons (Fsp3) is 0. The lowest BCUT2D eigenvalue weighted by Gasteiger charge is -2.12. The van der Waals surface area contributed by atoms with E-state index in [4.69, 9.17) is 23.8 Å². The Morgan fingerprint density at radius 2 is 0.734 bits per heavy atom. The first-order chi connectivity index (χ1) is 31.7. The van der Waals surface area contributed by atoms with Gasteiger partial charge >= 0.3 is 0 Å². The summed E-state index contributed by atoms with van der Waals surface area (Å²) in [5.74, 6) is 1.69. The molecule has 7 heteroatoms. The van der Waals surface area contributed by atoms with Gasteiger partial charge in [0.25, 0.3) is 0 Å². The van der Waals surface area contributed by atoms with Crippen molar-refractivity contribution in [3.8, 4) is 45.5 Å². The Morgan fingerprint density at radius 3 is 1.28 bits per heavy atom. The Hall–Kier alpha value is -8.81. The normalized spacial score (nSPS) is 12.1. The summed E-state index contributed by atoms with van der Waals surface area (Å²) in [6.07, 6.45) is 0. The van der Waals surface area contributed by atoms with E-state index >= 15 is 0 Å². The van der Waals surface area contributed by atoms with Crippen molar-refractivity contribution >= 4 is 87.5 Å². The zero-order valence-corrected chi connectivity index (χ0v) is 34.1. The van der Waals surface area contributed by atoms with E-state index in [2.05, 4.69) is 149 Å². The maximum atomic E-state index is 6.33. The minimum atomic E-state index is 0.561. The number of hydrogen-bond acceptors (Lipinski definition) is 5. The first-order valence-electron chi connectivity index (χ1n) is 21.4. The van der Waals surface area contributed by atoms with Crippen molar-refractivity contribution in [3.05, 3.63) is 200 Å². The van der Waals surface area contributed by atoms with Crippen LogP contribution in [0.1, 0.15) is 0 Å². The van der Waals surface area contributed by atoms with Gasteiger partial charge in [-0.15, -0.1) is 0 Å². The first-order valence-corrected chi connectivity index (χ1v) is 21.4. The van der Waals surface area contributed by atoms with Gasteiger partial charge in [-0.25, -0.2) is 15.0 Å². The molecule has 0 N–H and O–H groups in total. The van der Waals surface area contributed by atoms with Crippen LogP contribution >= 0.6 is 0 Å². The third-order valence-electron chi connectivity index (χ3n) is 12.8. The summed E-state index contributed by atoms with van der Waals surface area (Å²) in [7, 11) is 0. The molecule has 9 aromatic carbocycles. The van der Waals surface area contributed by atoms with E-state index in [0.717, 1.165) is 88.5 Å². The van der Waals surface area contributed by atoms with Crippen LogP contribution in [0.5, 0.6) is 0 Å². The largest absolute Gasteiger partial charge is 0.456 e. The Balaban J connectivity index is 0.981. The topological polar surface area (TPSA) is 74.8 Å². The fourth-order valence-corrected chi connectivity index (χ4v) is 9.99. The van der Waals surface area contributed by atoms with Crippen molar-refractivity contribution in [2.45, 2.75) is 0 Å². The van der Waals surface area contributed by atoms with E-state index in [1.807, 2.05) is 60.7 Å². The molecule has 7 nitrogen and oxygen atoms in total. The smallest absolute Gasteiger partial charge is 0.164 e. The number of rotatable bonds is 5. The minimum absolute atomic E-state index is 0.561. The highest BCUT2D eigenvalue weighted by atomic mass is 16.3. The second-order valence-electron chi connectivity index (χ2n) is 16.3. The van der Waals surface area contributed by atoms with Gasteiger partial charge in [-0.2, -0.15) is 0 Å². The summed E-state index contributed by atoms with van der Waals surface area (Å²) in [5.41, 5.74) is 12.6. The summed E-state index contributed by atoms with van der Waals surface area (Å²) < 4.78 is 17.4. The van der Waals surface area contributed by atoms with Crippen LogP contribution in [0.3, 0.4) is 0 Å². The zero-order chi connectivity index (χ0) is 41.9. The first kappa shape index (κ1) is 34.9. The van der Waals surface area contributed by atoms with E-state index in [-0.39, 0.29) is 0 Å². The van der Waals surface area contributed by atoms with Gasteiger partial charge in [-0.3, -0.25) is 0 Å². The maximum Gasteiger partial charge on any atom is 0.164 e. The van der Waals surface area contributed by atoms with Crippen LogP contribution in [0.4, 0.5) is 0 Å². The van der Waals surface area contributed by atoms with Gasteiger partial charge in [0, 0.05) is 71.2 Å². The molecule has 0 unspecified atom stereocenters. The number of aromatic nitrogens is 5. The molecule has 14 rings (SSSR count). The van der Waals surface area contributed by atoms with E-state index in [1.165, 1.54) is 27.1 Å². The van der Waals surface area contributed by atoms with Gasteiger partial charge in [0.05, 0.1) is 22.1 Å². The molecule has 0 radical (unpaired) electrons. The number of benzene rings is 9. The van der Waals surface area contributed by atoms with Gasteiger partial charge in [0.1, 0.15) is 22.3 Å². The average molecular weight is 820 g/mol. The van der Waals surface area contributed by atoms with Crippen molar-refractivity contribution in [2.24, 2.45) is 0 Å². The second kappa shape index (κ2) is 13.3. The quantitative estimate of drug-likeness (QED) is 0.173. The van der Waals surface area contributed by atoms with Crippen molar-refractivity contribution < 1.29 is 8.83 Å². The Kier molecular flexibility index (Phi) is 7.27. The summed E-state index contributed by atoms with van der Waals surface area (Å²) in [6.45, 7) is 0. The zero-order valence-electron chi connectivity index (χ0n) is 34.1. The molecule has 0 aliphatic heterocycles. The van der Waals surface area contributed by atoms with E-state index in [1.54, 1.807) is 0 Å². The van der Waals surface area contributed by atoms with Crippen LogP contribution in [0.2, 0.25) is 0 Å². The van der Waals surface area contributed by atoms with Gasteiger partial charge in [-0.05, 0) is 84.9 Å². The van der Waals surface area contributed by atoms with Crippen LogP contribution < -0.4 is 0 Å². The fourth-order valence-electron chi connectivity index (χ4n) is 9.99. The number of fused-ring (bicyclic) bond motifs is 12. The lowest BCUT2D eigenvalue weighted by molar-refractivity contribution is 0.668. The molecule has 0 saturated carbocycles. The molecular weight excluding hydrogens is 787 g/mol. The molecule has 64 heavy (non-hydrogen) atoms. The van der Waals surface area contributed by atoms with E-state index < -0.39 is 0 Å². The molecule has 0 spiro atoms. The average Bonchev–Trinajstić information content (AvgIpc) is 4.11. The highest BCUT2D eigenvalue weighted by Gasteiger charge is 2.22. The molecule has 14 aromatic rings. The molecule has 0 aliphatic rings. The molecule has 0 fully saturated rings. The predicted octanol–water partition coefficient (Wildman–Crippen LogP) is 14.9. The van der Waals surface area contributed by atoms with Gasteiger partial charge in [-0.1, -0.05) is 115 Å². The lowest BCUT2D eigenvalue weighted by Crippen LogP contribution is -2.01. The van der Waals surface area contributed by atoms with Crippen LogP contribution in [-0.4, -0.2) is 24.1 Å². The molecular formula is C57H33N5O2. The predicted molar refractivity (Wildman–Crippen MR) is 259 cm³/mol. The number of hydrogen-bond donors (Lipinski definition) is 0. The second-order valence-corrected chi connectivity index (χ2v) is 16.3. The third-order valence-corrected chi connectivity index (χ3v) is 12.8. The number of furan rings is 2. The molecule has 0 atom stereocenters. The van der Waals surface area contributed by atoms with Crippen molar-refractivity contribution in [1.29, 1.82) is 0 Å². The van der Waals surface area contributed by atoms with E-state index in [0.29, 0.717) is 17.5 Å². The SMILES string of the molecule is c1ccc(-n2c3ccccc3c3cc4c5ccccc5n(-c5ccc(-c6nc(-c7cccc8oc9ccccc9c78)nc(-c7cccc8oc9ccccc9c78)n6)cc5)c4cc32)cc1. The van der Waals surface area contributed by atoms with Gasteiger partial charge in [0.2, 0.25) is 0 Å². The maximum absolute atomic E-state index is 6.33. The van der Waals surface area contributed by atoms with Crippen LogP contribution in [0, 0.1) is 0 Å². The van der Waals surface area contributed by atoms with Crippen molar-refractivity contribution in [3.63, 3.8) is 0 Å². The van der Waals surface area contributed by atoms with Crippen LogP contribution in [0.25, 0.3) is 133 Å². The van der Waals surface area contributed by atoms with E-state index in [9.17, 15) is 0 Å². The summed E-state index contributed by atoms with van der Waals surface area (Å²) in [4.78, 5) is 15.8. The van der Waals surface area contributed by atoms with Crippen LogP contribution in [0.15, 0.2) is 209 Å². The molecule has 0 aliphatic carbocycles. The summed E-state index contributed by atoms with van der Waals surface area (Å²) in [5, 5.41) is 8.82. The lowest BCUT2D eigenvalue weighted by atomic mass is 10.0. The molecule has 5 aromatic heterocycles. The van der Waals surface area contributed by atoms with Gasteiger partial charge < -0.3 is 18.0 Å². The molecule has 0 saturated heterocycles. The Morgan fingerprint density at radius 1 is 0.297 bits per heavy atom.